The zero-order valence-corrected chi connectivity index (χ0v) is 16.8. The second-order valence-corrected chi connectivity index (χ2v) is 8.53. The smallest absolute Gasteiger partial charge is 0.251 e. The largest absolute Gasteiger partial charge is 0.342 e. The van der Waals surface area contributed by atoms with E-state index in [1.54, 1.807) is 4.90 Å². The lowest BCUT2D eigenvalue weighted by molar-refractivity contribution is -0.143. The molecule has 2 amide bonds. The first-order chi connectivity index (χ1) is 13.9. The Morgan fingerprint density at radius 2 is 1.79 bits per heavy atom. The number of carbonyl (C=O) groups is 2. The number of para-hydroxylation sites is 1. The highest BCUT2D eigenvalue weighted by Gasteiger charge is 2.38. The molecule has 1 aromatic carbocycles. The van der Waals surface area contributed by atoms with Crippen LogP contribution in [0.4, 0.5) is 14.5 Å². The Hall–Kier alpha value is -2.02. The quantitative estimate of drug-likeness (QED) is 0.777. The lowest BCUT2D eigenvalue weighted by Crippen LogP contribution is -2.51. The third-order valence-electron chi connectivity index (χ3n) is 6.43. The lowest BCUT2D eigenvalue weighted by Gasteiger charge is -2.38. The topological polar surface area (TPSA) is 43.9 Å². The molecule has 3 heterocycles. The molecule has 0 saturated carbocycles. The van der Waals surface area contributed by atoms with Crippen LogP contribution < -0.4 is 4.90 Å². The number of alkyl halides is 2. The Bertz CT molecular complexity index is 760. The van der Waals surface area contributed by atoms with Gasteiger partial charge in [0.05, 0.1) is 12.5 Å². The fourth-order valence-electron chi connectivity index (χ4n) is 4.78. The minimum absolute atomic E-state index is 0.0269. The van der Waals surface area contributed by atoms with Gasteiger partial charge in [0.25, 0.3) is 5.92 Å². The van der Waals surface area contributed by atoms with Gasteiger partial charge in [-0.3, -0.25) is 14.5 Å². The molecule has 0 bridgehead atoms. The molecule has 0 radical (unpaired) electrons. The normalized spacial score (nSPS) is 24.8. The Balaban J connectivity index is 1.35. The van der Waals surface area contributed by atoms with Crippen LogP contribution in [0.3, 0.4) is 0 Å². The van der Waals surface area contributed by atoms with Gasteiger partial charge in [0, 0.05) is 44.7 Å². The summed E-state index contributed by atoms with van der Waals surface area (Å²) in [7, 11) is 0. The predicted molar refractivity (Wildman–Crippen MR) is 107 cm³/mol. The molecule has 3 aliphatic rings. The minimum atomic E-state index is -2.65. The fourth-order valence-corrected chi connectivity index (χ4v) is 4.78. The summed E-state index contributed by atoms with van der Waals surface area (Å²) in [6.45, 7) is 2.62. The van der Waals surface area contributed by atoms with E-state index in [1.165, 1.54) is 5.56 Å². The Morgan fingerprint density at radius 3 is 2.59 bits per heavy atom. The van der Waals surface area contributed by atoms with Crippen molar-refractivity contribution in [3.05, 3.63) is 29.8 Å². The highest BCUT2D eigenvalue weighted by molar-refractivity contribution is 5.96. The van der Waals surface area contributed by atoms with Crippen LogP contribution in [0.1, 0.15) is 37.7 Å². The Labute approximate surface area is 170 Å². The minimum Gasteiger partial charge on any atom is -0.342 e. The van der Waals surface area contributed by atoms with Crippen molar-refractivity contribution in [1.29, 1.82) is 0 Å². The van der Waals surface area contributed by atoms with Crippen molar-refractivity contribution in [3.63, 3.8) is 0 Å². The molecule has 4 rings (SSSR count). The van der Waals surface area contributed by atoms with E-state index in [4.69, 9.17) is 0 Å². The van der Waals surface area contributed by atoms with E-state index in [0.717, 1.165) is 44.5 Å². The lowest BCUT2D eigenvalue weighted by atomic mass is 9.95. The Kier molecular flexibility index (Phi) is 5.86. The molecule has 0 aliphatic carbocycles. The molecule has 29 heavy (non-hydrogen) atoms. The number of anilines is 1. The van der Waals surface area contributed by atoms with Crippen LogP contribution in [0.5, 0.6) is 0 Å². The van der Waals surface area contributed by atoms with Crippen LogP contribution in [-0.2, 0) is 16.0 Å². The summed E-state index contributed by atoms with van der Waals surface area (Å²) in [5.74, 6) is -2.80. The van der Waals surface area contributed by atoms with E-state index in [9.17, 15) is 18.4 Å². The van der Waals surface area contributed by atoms with Gasteiger partial charge in [0.1, 0.15) is 0 Å². The number of halogens is 2. The van der Waals surface area contributed by atoms with E-state index in [-0.39, 0.29) is 43.7 Å². The number of amides is 2. The fraction of sp³-hybridized carbons (Fsp3) is 0.636. The van der Waals surface area contributed by atoms with E-state index in [0.29, 0.717) is 13.1 Å². The third kappa shape index (κ3) is 4.60. The summed E-state index contributed by atoms with van der Waals surface area (Å²) in [6, 6.07) is 8.04. The SMILES string of the molecule is O=C(C1CCCN(CC(=O)N2CCCc3ccccc32)C1)N1CCC(F)(F)CC1. The average Bonchev–Trinajstić information content (AvgIpc) is 2.73. The molecule has 0 aromatic heterocycles. The van der Waals surface area contributed by atoms with E-state index < -0.39 is 5.92 Å². The maximum atomic E-state index is 13.4. The number of piperidine rings is 2. The van der Waals surface area contributed by atoms with Gasteiger partial charge in [-0.1, -0.05) is 18.2 Å². The molecule has 1 aromatic rings. The molecule has 2 fully saturated rings. The highest BCUT2D eigenvalue weighted by atomic mass is 19.3. The number of likely N-dealkylation sites (tertiary alicyclic amines) is 2. The molecule has 3 aliphatic heterocycles. The summed E-state index contributed by atoms with van der Waals surface area (Å²) in [5, 5.41) is 0. The number of nitrogens with zero attached hydrogens (tertiary/aromatic N) is 3. The Morgan fingerprint density at radius 1 is 1.03 bits per heavy atom. The van der Waals surface area contributed by atoms with Gasteiger partial charge in [0.2, 0.25) is 11.8 Å². The molecule has 158 valence electrons. The maximum absolute atomic E-state index is 13.4. The summed E-state index contributed by atoms with van der Waals surface area (Å²) in [6.07, 6.45) is 3.08. The number of benzene rings is 1. The van der Waals surface area contributed by atoms with Gasteiger partial charge in [-0.2, -0.15) is 0 Å². The first kappa shape index (κ1) is 20.3. The van der Waals surface area contributed by atoms with Gasteiger partial charge < -0.3 is 9.80 Å². The number of hydrogen-bond acceptors (Lipinski definition) is 3. The van der Waals surface area contributed by atoms with E-state index in [1.807, 2.05) is 23.1 Å². The van der Waals surface area contributed by atoms with Gasteiger partial charge in [-0.05, 0) is 43.9 Å². The van der Waals surface area contributed by atoms with Crippen LogP contribution in [0, 0.1) is 5.92 Å². The van der Waals surface area contributed by atoms with Crippen molar-refractivity contribution in [2.45, 2.75) is 44.4 Å². The molecule has 7 heteroatoms. The highest BCUT2D eigenvalue weighted by Crippen LogP contribution is 2.30. The predicted octanol–water partition coefficient (Wildman–Crippen LogP) is 2.94. The maximum Gasteiger partial charge on any atom is 0.251 e. The zero-order chi connectivity index (χ0) is 20.4. The number of carbonyl (C=O) groups excluding carboxylic acids is 2. The van der Waals surface area contributed by atoms with Crippen molar-refractivity contribution in [1.82, 2.24) is 9.80 Å². The van der Waals surface area contributed by atoms with Gasteiger partial charge in [-0.25, -0.2) is 8.78 Å². The standard InChI is InChI=1S/C22H29F2N3O2/c23-22(24)9-13-26(14-10-22)21(29)18-7-3-11-25(15-18)16-20(28)27-12-4-6-17-5-1-2-8-19(17)27/h1-2,5,8,18H,3-4,6-7,9-16H2. The third-order valence-corrected chi connectivity index (χ3v) is 6.43. The number of hydrogen-bond donors (Lipinski definition) is 0. The van der Waals surface area contributed by atoms with Gasteiger partial charge in [0.15, 0.2) is 0 Å². The molecular formula is C22H29F2N3O2. The number of aryl methyl sites for hydroxylation is 1. The zero-order valence-electron chi connectivity index (χ0n) is 16.8. The first-order valence-electron chi connectivity index (χ1n) is 10.7. The van der Waals surface area contributed by atoms with Crippen molar-refractivity contribution >= 4 is 17.5 Å². The van der Waals surface area contributed by atoms with Crippen molar-refractivity contribution in [2.75, 3.05) is 44.2 Å². The first-order valence-corrected chi connectivity index (χ1v) is 10.7. The molecule has 0 spiro atoms. The summed E-state index contributed by atoms with van der Waals surface area (Å²) in [4.78, 5) is 31.3. The molecular weight excluding hydrogens is 376 g/mol. The molecule has 2 saturated heterocycles. The molecule has 1 atom stereocenters. The second-order valence-electron chi connectivity index (χ2n) is 8.53. The van der Waals surface area contributed by atoms with Gasteiger partial charge >= 0.3 is 0 Å². The number of rotatable bonds is 3. The second kappa shape index (κ2) is 8.38. The van der Waals surface area contributed by atoms with Crippen LogP contribution in [0.2, 0.25) is 0 Å². The van der Waals surface area contributed by atoms with Crippen LogP contribution in [0.15, 0.2) is 24.3 Å². The van der Waals surface area contributed by atoms with Crippen molar-refractivity contribution < 1.29 is 18.4 Å². The van der Waals surface area contributed by atoms with Gasteiger partial charge in [-0.15, -0.1) is 0 Å². The summed E-state index contributed by atoms with van der Waals surface area (Å²) >= 11 is 0. The molecule has 5 nitrogen and oxygen atoms in total. The molecule has 1 unspecified atom stereocenters. The van der Waals surface area contributed by atoms with Crippen LogP contribution in [-0.4, -0.2) is 66.8 Å². The summed E-state index contributed by atoms with van der Waals surface area (Å²) in [5.41, 5.74) is 2.21. The van der Waals surface area contributed by atoms with Crippen molar-refractivity contribution in [2.24, 2.45) is 5.92 Å². The monoisotopic (exact) mass is 405 g/mol. The van der Waals surface area contributed by atoms with Crippen LogP contribution >= 0.6 is 0 Å². The molecule has 0 N–H and O–H groups in total. The number of fused-ring (bicyclic) bond motifs is 1. The average molecular weight is 405 g/mol. The van der Waals surface area contributed by atoms with Crippen molar-refractivity contribution in [3.8, 4) is 0 Å². The summed E-state index contributed by atoms with van der Waals surface area (Å²) < 4.78 is 26.8. The van der Waals surface area contributed by atoms with E-state index in [2.05, 4.69) is 11.0 Å². The van der Waals surface area contributed by atoms with E-state index >= 15 is 0 Å². The van der Waals surface area contributed by atoms with Crippen LogP contribution in [0.25, 0.3) is 0 Å².